The lowest BCUT2D eigenvalue weighted by Gasteiger charge is -2.33. The summed E-state index contributed by atoms with van der Waals surface area (Å²) in [4.78, 5) is 15.3. The molecule has 0 aromatic carbocycles. The topological polar surface area (TPSA) is 77.5 Å². The molecule has 1 saturated heterocycles. The van der Waals surface area contributed by atoms with Gasteiger partial charge in [0.2, 0.25) is 0 Å². The Morgan fingerprint density at radius 1 is 1.11 bits per heavy atom. The molecule has 3 aromatic rings. The van der Waals surface area contributed by atoms with Gasteiger partial charge in [-0.1, -0.05) is 0 Å². The third kappa shape index (κ3) is 3.43. The highest BCUT2D eigenvalue weighted by Gasteiger charge is 2.27. The minimum Gasteiger partial charge on any atom is -0.356 e. The standard InChI is InChI=1S/C19H26N8/c1-4-27-17(11-25-10-7-20-13-25)23-24-19(27)16-5-8-26(9-6-16)18-14(2)15(3)21-12-22-18/h7,10,12-13,16H,4-6,8-9,11H2,1-3H3. The third-order valence-corrected chi connectivity index (χ3v) is 5.52. The van der Waals surface area contributed by atoms with Gasteiger partial charge in [-0.2, -0.15) is 0 Å². The summed E-state index contributed by atoms with van der Waals surface area (Å²) in [6.07, 6.45) is 9.36. The van der Waals surface area contributed by atoms with Crippen molar-refractivity contribution in [2.24, 2.45) is 0 Å². The van der Waals surface area contributed by atoms with Crippen molar-refractivity contribution < 1.29 is 0 Å². The Balaban J connectivity index is 1.48. The maximum Gasteiger partial charge on any atom is 0.153 e. The van der Waals surface area contributed by atoms with Crippen LogP contribution in [0.25, 0.3) is 0 Å². The minimum absolute atomic E-state index is 0.438. The van der Waals surface area contributed by atoms with Gasteiger partial charge in [0.1, 0.15) is 18.0 Å². The molecule has 1 aliphatic heterocycles. The normalized spacial score (nSPS) is 15.4. The van der Waals surface area contributed by atoms with Crippen LogP contribution in [0.2, 0.25) is 0 Å². The van der Waals surface area contributed by atoms with Crippen LogP contribution in [-0.2, 0) is 13.1 Å². The van der Waals surface area contributed by atoms with Crippen LogP contribution in [0, 0.1) is 13.8 Å². The number of nitrogens with zero attached hydrogens (tertiary/aromatic N) is 8. The van der Waals surface area contributed by atoms with Crippen molar-refractivity contribution in [3.63, 3.8) is 0 Å². The monoisotopic (exact) mass is 366 g/mol. The molecule has 1 fully saturated rings. The summed E-state index contributed by atoms with van der Waals surface area (Å²) in [5.74, 6) is 3.62. The molecule has 0 bridgehead atoms. The Kier molecular flexibility index (Phi) is 4.87. The lowest BCUT2D eigenvalue weighted by Crippen LogP contribution is -2.35. The van der Waals surface area contributed by atoms with Gasteiger partial charge in [-0.3, -0.25) is 0 Å². The quantitative estimate of drug-likeness (QED) is 0.690. The van der Waals surface area contributed by atoms with Gasteiger partial charge in [-0.05, 0) is 33.6 Å². The summed E-state index contributed by atoms with van der Waals surface area (Å²) in [5.41, 5.74) is 2.23. The van der Waals surface area contributed by atoms with Crippen LogP contribution in [0.15, 0.2) is 25.0 Å². The number of imidazole rings is 1. The van der Waals surface area contributed by atoms with Crippen LogP contribution in [0.3, 0.4) is 0 Å². The zero-order chi connectivity index (χ0) is 18.8. The van der Waals surface area contributed by atoms with E-state index < -0.39 is 0 Å². The molecule has 3 aromatic heterocycles. The molecule has 0 atom stereocenters. The highest BCUT2D eigenvalue weighted by molar-refractivity contribution is 5.47. The molecule has 0 N–H and O–H groups in total. The van der Waals surface area contributed by atoms with Crippen molar-refractivity contribution in [1.29, 1.82) is 0 Å². The van der Waals surface area contributed by atoms with E-state index in [4.69, 9.17) is 0 Å². The van der Waals surface area contributed by atoms with E-state index in [-0.39, 0.29) is 0 Å². The SMILES string of the molecule is CCn1c(Cn2ccnc2)nnc1C1CCN(c2ncnc(C)c2C)CC1. The number of piperidine rings is 1. The molecule has 0 aliphatic carbocycles. The van der Waals surface area contributed by atoms with Gasteiger partial charge in [0.15, 0.2) is 5.82 Å². The van der Waals surface area contributed by atoms with Crippen molar-refractivity contribution in [3.05, 3.63) is 48.0 Å². The Morgan fingerprint density at radius 2 is 1.93 bits per heavy atom. The predicted molar refractivity (Wildman–Crippen MR) is 103 cm³/mol. The maximum atomic E-state index is 4.56. The van der Waals surface area contributed by atoms with E-state index in [1.807, 2.05) is 24.0 Å². The van der Waals surface area contributed by atoms with Gasteiger partial charge >= 0.3 is 0 Å². The number of hydrogen-bond donors (Lipinski definition) is 0. The summed E-state index contributed by atoms with van der Waals surface area (Å²) >= 11 is 0. The number of rotatable bonds is 5. The van der Waals surface area contributed by atoms with Crippen LogP contribution in [0.4, 0.5) is 5.82 Å². The second-order valence-electron chi connectivity index (χ2n) is 7.12. The number of anilines is 1. The van der Waals surface area contributed by atoms with Crippen molar-refractivity contribution in [1.82, 2.24) is 34.3 Å². The number of aryl methyl sites for hydroxylation is 1. The molecule has 0 spiro atoms. The van der Waals surface area contributed by atoms with Crippen LogP contribution in [0.1, 0.15) is 48.6 Å². The predicted octanol–water partition coefficient (Wildman–Crippen LogP) is 2.33. The highest BCUT2D eigenvalue weighted by Crippen LogP contribution is 2.30. The van der Waals surface area contributed by atoms with Crippen molar-refractivity contribution in [3.8, 4) is 0 Å². The molecule has 1 aliphatic rings. The molecule has 0 unspecified atom stereocenters. The Morgan fingerprint density at radius 3 is 2.63 bits per heavy atom. The Bertz CT molecular complexity index is 891. The first-order valence-corrected chi connectivity index (χ1v) is 9.58. The van der Waals surface area contributed by atoms with Gasteiger partial charge in [0, 0.05) is 49.2 Å². The van der Waals surface area contributed by atoms with Gasteiger partial charge < -0.3 is 14.0 Å². The molecule has 8 nitrogen and oxygen atoms in total. The summed E-state index contributed by atoms with van der Waals surface area (Å²) in [5, 5.41) is 9.03. The zero-order valence-electron chi connectivity index (χ0n) is 16.2. The van der Waals surface area contributed by atoms with Crippen molar-refractivity contribution >= 4 is 5.82 Å². The van der Waals surface area contributed by atoms with E-state index in [1.165, 1.54) is 5.56 Å². The Labute approximate surface area is 159 Å². The van der Waals surface area contributed by atoms with E-state index in [2.05, 4.69) is 48.5 Å². The molecule has 0 saturated carbocycles. The number of hydrogen-bond acceptors (Lipinski definition) is 6. The fraction of sp³-hybridized carbons (Fsp3) is 0.526. The minimum atomic E-state index is 0.438. The Hall–Kier alpha value is -2.77. The molecular formula is C19H26N8. The van der Waals surface area contributed by atoms with Gasteiger partial charge in [-0.15, -0.1) is 10.2 Å². The van der Waals surface area contributed by atoms with Crippen LogP contribution in [-0.4, -0.2) is 47.4 Å². The van der Waals surface area contributed by atoms with Gasteiger partial charge in [0.25, 0.3) is 0 Å². The zero-order valence-corrected chi connectivity index (χ0v) is 16.2. The molecule has 142 valence electrons. The molecule has 4 rings (SSSR count). The second kappa shape index (κ2) is 7.46. The van der Waals surface area contributed by atoms with Crippen molar-refractivity contribution in [2.45, 2.75) is 52.6 Å². The first-order chi connectivity index (χ1) is 13.2. The van der Waals surface area contributed by atoms with Gasteiger partial charge in [-0.25, -0.2) is 15.0 Å². The molecule has 0 amide bonds. The van der Waals surface area contributed by atoms with Crippen LogP contribution >= 0.6 is 0 Å². The summed E-state index contributed by atoms with van der Waals surface area (Å²) < 4.78 is 4.29. The first-order valence-electron chi connectivity index (χ1n) is 9.58. The molecule has 8 heteroatoms. The second-order valence-corrected chi connectivity index (χ2v) is 7.12. The summed E-state index contributed by atoms with van der Waals surface area (Å²) in [7, 11) is 0. The largest absolute Gasteiger partial charge is 0.356 e. The van der Waals surface area contributed by atoms with Crippen molar-refractivity contribution in [2.75, 3.05) is 18.0 Å². The van der Waals surface area contributed by atoms with E-state index in [9.17, 15) is 0 Å². The maximum absolute atomic E-state index is 4.56. The van der Waals surface area contributed by atoms with E-state index >= 15 is 0 Å². The lowest BCUT2D eigenvalue weighted by atomic mass is 9.95. The van der Waals surface area contributed by atoms with E-state index in [1.54, 1.807) is 12.5 Å². The van der Waals surface area contributed by atoms with E-state index in [0.29, 0.717) is 12.5 Å². The third-order valence-electron chi connectivity index (χ3n) is 5.52. The lowest BCUT2D eigenvalue weighted by molar-refractivity contribution is 0.461. The average molecular weight is 366 g/mol. The van der Waals surface area contributed by atoms with Crippen LogP contribution in [0.5, 0.6) is 0 Å². The van der Waals surface area contributed by atoms with Gasteiger partial charge in [0.05, 0.1) is 12.9 Å². The van der Waals surface area contributed by atoms with E-state index in [0.717, 1.165) is 55.6 Å². The smallest absolute Gasteiger partial charge is 0.153 e. The molecular weight excluding hydrogens is 340 g/mol. The highest BCUT2D eigenvalue weighted by atomic mass is 15.3. The summed E-state index contributed by atoms with van der Waals surface area (Å²) in [6, 6.07) is 0. The first kappa shape index (κ1) is 17.6. The summed E-state index contributed by atoms with van der Waals surface area (Å²) in [6.45, 7) is 9.86. The molecule has 4 heterocycles. The fourth-order valence-corrected chi connectivity index (χ4v) is 3.85. The van der Waals surface area contributed by atoms with Crippen LogP contribution < -0.4 is 4.90 Å². The molecule has 0 radical (unpaired) electrons. The number of aromatic nitrogens is 7. The fourth-order valence-electron chi connectivity index (χ4n) is 3.85. The average Bonchev–Trinajstić information content (AvgIpc) is 3.34. The molecule has 27 heavy (non-hydrogen) atoms.